The number of nitrogens with two attached hydrogens (primary N) is 1. The number of benzene rings is 1. The Balaban J connectivity index is 2.79. The number of anilines is 1. The van der Waals surface area contributed by atoms with E-state index < -0.39 is 17.6 Å². The monoisotopic (exact) mass is 231 g/mol. The molecule has 0 bridgehead atoms. The lowest BCUT2D eigenvalue weighted by Crippen LogP contribution is -2.11. The topological polar surface area (TPSA) is 61.5 Å². The van der Waals surface area contributed by atoms with Crippen LogP contribution >= 0.6 is 0 Å². The van der Waals surface area contributed by atoms with Gasteiger partial charge < -0.3 is 15.2 Å². The highest BCUT2D eigenvalue weighted by atomic mass is 19.2. The van der Waals surface area contributed by atoms with E-state index in [0.717, 1.165) is 6.07 Å². The van der Waals surface area contributed by atoms with Gasteiger partial charge in [-0.3, -0.25) is 0 Å². The molecule has 0 spiro atoms. The second-order valence-corrected chi connectivity index (χ2v) is 2.90. The average molecular weight is 231 g/mol. The molecule has 1 rings (SSSR count). The van der Waals surface area contributed by atoms with Crippen LogP contribution in [0.2, 0.25) is 0 Å². The minimum atomic E-state index is -1.16. The van der Waals surface area contributed by atoms with Crippen LogP contribution in [0.25, 0.3) is 0 Å². The molecular weight excluding hydrogens is 220 g/mol. The van der Waals surface area contributed by atoms with E-state index in [2.05, 4.69) is 4.74 Å². The third-order valence-corrected chi connectivity index (χ3v) is 1.79. The van der Waals surface area contributed by atoms with Gasteiger partial charge in [-0.25, -0.2) is 13.6 Å². The highest BCUT2D eigenvalue weighted by Gasteiger charge is 2.15. The van der Waals surface area contributed by atoms with Crippen molar-refractivity contribution in [3.8, 4) is 0 Å². The molecule has 0 atom stereocenters. The molecule has 1 aromatic carbocycles. The normalized spacial score (nSPS) is 10.2. The minimum absolute atomic E-state index is 0.180. The molecule has 2 N–H and O–H groups in total. The third-order valence-electron chi connectivity index (χ3n) is 1.79. The lowest BCUT2D eigenvalue weighted by atomic mass is 10.2. The zero-order chi connectivity index (χ0) is 12.1. The number of hydrogen-bond donors (Lipinski definition) is 1. The van der Waals surface area contributed by atoms with Crippen LogP contribution in [0, 0.1) is 11.6 Å². The van der Waals surface area contributed by atoms with E-state index in [1.54, 1.807) is 6.92 Å². The molecule has 0 saturated carbocycles. The van der Waals surface area contributed by atoms with Crippen molar-refractivity contribution in [3.05, 3.63) is 29.3 Å². The first-order chi connectivity index (χ1) is 7.56. The van der Waals surface area contributed by atoms with Crippen molar-refractivity contribution in [3.63, 3.8) is 0 Å². The molecule has 0 aliphatic rings. The molecule has 0 amide bonds. The fourth-order valence-corrected chi connectivity index (χ4v) is 0.995. The van der Waals surface area contributed by atoms with Crippen molar-refractivity contribution in [1.29, 1.82) is 0 Å². The summed E-state index contributed by atoms with van der Waals surface area (Å²) >= 11 is 0. The lowest BCUT2D eigenvalue weighted by Gasteiger charge is -2.07. The van der Waals surface area contributed by atoms with E-state index in [9.17, 15) is 13.6 Å². The van der Waals surface area contributed by atoms with Gasteiger partial charge in [0.05, 0.1) is 5.56 Å². The number of halogens is 2. The number of carbonyl (C=O) groups is 1. The Hall–Kier alpha value is -1.69. The van der Waals surface area contributed by atoms with Gasteiger partial charge in [0.1, 0.15) is 0 Å². The molecule has 0 aromatic heterocycles. The van der Waals surface area contributed by atoms with Crippen LogP contribution in [0.5, 0.6) is 0 Å². The average Bonchev–Trinajstić information content (AvgIpc) is 2.23. The van der Waals surface area contributed by atoms with Gasteiger partial charge in [0, 0.05) is 18.4 Å². The van der Waals surface area contributed by atoms with Gasteiger partial charge in [-0.2, -0.15) is 0 Å². The van der Waals surface area contributed by atoms with Crippen molar-refractivity contribution in [2.45, 2.75) is 6.92 Å². The molecule has 6 heteroatoms. The fraction of sp³-hybridized carbons (Fsp3) is 0.300. The molecule has 88 valence electrons. The van der Waals surface area contributed by atoms with E-state index in [-0.39, 0.29) is 18.0 Å². The van der Waals surface area contributed by atoms with E-state index >= 15 is 0 Å². The Morgan fingerprint density at radius 2 is 2.00 bits per heavy atom. The summed E-state index contributed by atoms with van der Waals surface area (Å²) in [5, 5.41) is 0. The minimum Gasteiger partial charge on any atom is -0.435 e. The van der Waals surface area contributed by atoms with Crippen LogP contribution < -0.4 is 5.73 Å². The molecule has 4 nitrogen and oxygen atoms in total. The summed E-state index contributed by atoms with van der Waals surface area (Å²) in [5.74, 6) is -3.12. The first kappa shape index (κ1) is 12.4. The van der Waals surface area contributed by atoms with E-state index in [4.69, 9.17) is 10.5 Å². The summed E-state index contributed by atoms with van der Waals surface area (Å²) in [4.78, 5) is 11.3. The quantitative estimate of drug-likeness (QED) is 0.371. The number of rotatable bonds is 4. The highest BCUT2D eigenvalue weighted by Crippen LogP contribution is 2.17. The highest BCUT2D eigenvalue weighted by molar-refractivity contribution is 5.95. The molecular formula is C10H11F2NO3. The van der Waals surface area contributed by atoms with Gasteiger partial charge in [0.2, 0.25) is 0 Å². The predicted octanol–water partition coefficient (Wildman–Crippen LogP) is 1.70. The zero-order valence-electron chi connectivity index (χ0n) is 8.63. The second-order valence-electron chi connectivity index (χ2n) is 2.90. The van der Waals surface area contributed by atoms with Gasteiger partial charge in [0.15, 0.2) is 18.4 Å². The fourth-order valence-electron chi connectivity index (χ4n) is 0.995. The number of ether oxygens (including phenoxy) is 2. The summed E-state index contributed by atoms with van der Waals surface area (Å²) in [6, 6.07) is 1.42. The van der Waals surface area contributed by atoms with Crippen LogP contribution in [-0.2, 0) is 9.47 Å². The smallest absolute Gasteiger partial charge is 0.342 e. The van der Waals surface area contributed by atoms with Crippen molar-refractivity contribution < 1.29 is 23.0 Å². The SMILES string of the molecule is CCOCOC(=O)c1cc(F)c(F)cc1N. The Morgan fingerprint density at radius 1 is 1.38 bits per heavy atom. The maximum Gasteiger partial charge on any atom is 0.342 e. The van der Waals surface area contributed by atoms with Crippen molar-refractivity contribution in [2.24, 2.45) is 0 Å². The third kappa shape index (κ3) is 2.90. The zero-order valence-corrected chi connectivity index (χ0v) is 8.63. The number of esters is 1. The van der Waals surface area contributed by atoms with Crippen LogP contribution in [0.15, 0.2) is 12.1 Å². The Bertz CT molecular complexity index is 396. The maximum absolute atomic E-state index is 12.8. The van der Waals surface area contributed by atoms with Crippen molar-refractivity contribution >= 4 is 11.7 Å². The van der Waals surface area contributed by atoms with Gasteiger partial charge in [-0.1, -0.05) is 0 Å². The molecule has 1 aromatic rings. The van der Waals surface area contributed by atoms with Gasteiger partial charge in [-0.05, 0) is 13.0 Å². The predicted molar refractivity (Wildman–Crippen MR) is 52.7 cm³/mol. The van der Waals surface area contributed by atoms with Gasteiger partial charge in [0.25, 0.3) is 0 Å². The van der Waals surface area contributed by atoms with Crippen LogP contribution in [0.4, 0.5) is 14.5 Å². The van der Waals surface area contributed by atoms with E-state index in [0.29, 0.717) is 12.7 Å². The molecule has 0 unspecified atom stereocenters. The summed E-state index contributed by atoms with van der Waals surface area (Å²) in [7, 11) is 0. The Morgan fingerprint density at radius 3 is 2.62 bits per heavy atom. The lowest BCUT2D eigenvalue weighted by molar-refractivity contribution is -0.0274. The van der Waals surface area contributed by atoms with Crippen LogP contribution in [-0.4, -0.2) is 19.4 Å². The van der Waals surface area contributed by atoms with E-state index in [1.165, 1.54) is 0 Å². The summed E-state index contributed by atoms with van der Waals surface area (Å²) in [5.41, 5.74) is 4.94. The Labute approximate surface area is 91.0 Å². The maximum atomic E-state index is 12.8. The largest absolute Gasteiger partial charge is 0.435 e. The first-order valence-corrected chi connectivity index (χ1v) is 4.55. The van der Waals surface area contributed by atoms with Crippen molar-refractivity contribution in [2.75, 3.05) is 19.1 Å². The summed E-state index contributed by atoms with van der Waals surface area (Å²) in [6.07, 6.45) is 0. The second kappa shape index (κ2) is 5.41. The molecule has 0 heterocycles. The van der Waals surface area contributed by atoms with E-state index in [1.807, 2.05) is 0 Å². The molecule has 0 aliphatic carbocycles. The number of nitrogen functional groups attached to an aromatic ring is 1. The summed E-state index contributed by atoms with van der Waals surface area (Å²) in [6.45, 7) is 1.84. The summed E-state index contributed by atoms with van der Waals surface area (Å²) < 4.78 is 34.9. The molecule has 16 heavy (non-hydrogen) atoms. The standard InChI is InChI=1S/C10H11F2NO3/c1-2-15-5-16-10(14)6-3-7(11)8(12)4-9(6)13/h3-4H,2,5,13H2,1H3. The van der Waals surface area contributed by atoms with Gasteiger partial charge >= 0.3 is 5.97 Å². The van der Waals surface area contributed by atoms with Crippen LogP contribution in [0.1, 0.15) is 17.3 Å². The van der Waals surface area contributed by atoms with Gasteiger partial charge in [-0.15, -0.1) is 0 Å². The molecule has 0 fully saturated rings. The molecule has 0 aliphatic heterocycles. The Kier molecular flexibility index (Phi) is 4.19. The van der Waals surface area contributed by atoms with Crippen molar-refractivity contribution in [1.82, 2.24) is 0 Å². The van der Waals surface area contributed by atoms with Crippen LogP contribution in [0.3, 0.4) is 0 Å². The first-order valence-electron chi connectivity index (χ1n) is 4.55. The number of hydrogen-bond acceptors (Lipinski definition) is 4. The molecule has 0 radical (unpaired) electrons. The number of carbonyl (C=O) groups excluding carboxylic acids is 1. The molecule has 0 saturated heterocycles.